The van der Waals surface area contributed by atoms with Crippen LogP contribution in [0.5, 0.6) is 0 Å². The van der Waals surface area contributed by atoms with Gasteiger partial charge in [-0.2, -0.15) is 0 Å². The molecule has 1 aliphatic rings. The Morgan fingerprint density at radius 1 is 1.47 bits per heavy atom. The van der Waals surface area contributed by atoms with Crippen molar-refractivity contribution < 1.29 is 4.74 Å². The van der Waals surface area contributed by atoms with Gasteiger partial charge in [0.25, 0.3) is 0 Å². The first-order chi connectivity index (χ1) is 8.07. The van der Waals surface area contributed by atoms with Gasteiger partial charge < -0.3 is 10.5 Å². The lowest BCUT2D eigenvalue weighted by molar-refractivity contribution is 0.0404. The highest BCUT2D eigenvalue weighted by molar-refractivity contribution is 7.16. The molecule has 0 atom stereocenters. The molecule has 0 spiro atoms. The van der Waals surface area contributed by atoms with Crippen LogP contribution in [0.2, 0.25) is 4.34 Å². The highest BCUT2D eigenvalue weighted by Gasteiger charge is 2.29. The molecule has 1 saturated heterocycles. The van der Waals surface area contributed by atoms with E-state index in [4.69, 9.17) is 22.1 Å². The maximum atomic E-state index is 6.37. The molecule has 0 radical (unpaired) electrons. The van der Waals surface area contributed by atoms with E-state index in [0.29, 0.717) is 0 Å². The van der Waals surface area contributed by atoms with Crippen LogP contribution >= 0.6 is 22.9 Å². The van der Waals surface area contributed by atoms with E-state index >= 15 is 0 Å². The van der Waals surface area contributed by atoms with Gasteiger partial charge in [0, 0.05) is 36.7 Å². The van der Waals surface area contributed by atoms with Crippen molar-refractivity contribution >= 4 is 22.9 Å². The molecule has 0 unspecified atom stereocenters. The summed E-state index contributed by atoms with van der Waals surface area (Å²) in [6, 6.07) is 4.03. The molecule has 1 fully saturated rings. The Balaban J connectivity index is 1.85. The van der Waals surface area contributed by atoms with Crippen LogP contribution in [0.3, 0.4) is 0 Å². The standard InChI is InChI=1S/C12H19ClN2OS/c1-15(8-10-2-3-11(13)17-10)9-12(14)4-6-16-7-5-12/h2-3H,4-9,14H2,1H3. The molecule has 5 heteroatoms. The molecule has 0 bridgehead atoms. The van der Waals surface area contributed by atoms with Gasteiger partial charge >= 0.3 is 0 Å². The molecule has 2 heterocycles. The summed E-state index contributed by atoms with van der Waals surface area (Å²) in [7, 11) is 2.11. The molecule has 17 heavy (non-hydrogen) atoms. The molecule has 3 nitrogen and oxygen atoms in total. The molecule has 1 aliphatic heterocycles. The summed E-state index contributed by atoms with van der Waals surface area (Å²) in [6.45, 7) is 3.40. The Bertz CT molecular complexity index is 363. The molecule has 96 valence electrons. The van der Waals surface area contributed by atoms with E-state index in [1.165, 1.54) is 4.88 Å². The van der Waals surface area contributed by atoms with Crippen LogP contribution in [0.25, 0.3) is 0 Å². The van der Waals surface area contributed by atoms with Crippen molar-refractivity contribution in [3.63, 3.8) is 0 Å². The molecule has 2 rings (SSSR count). The van der Waals surface area contributed by atoms with E-state index in [1.54, 1.807) is 11.3 Å². The molecule has 0 saturated carbocycles. The second-order valence-corrected chi connectivity index (χ2v) is 6.65. The van der Waals surface area contributed by atoms with Crippen molar-refractivity contribution in [1.82, 2.24) is 4.90 Å². The van der Waals surface area contributed by atoms with Gasteiger partial charge in [-0.05, 0) is 32.0 Å². The monoisotopic (exact) mass is 274 g/mol. The minimum absolute atomic E-state index is 0.0892. The lowest BCUT2D eigenvalue weighted by atomic mass is 9.91. The largest absolute Gasteiger partial charge is 0.381 e. The lowest BCUT2D eigenvalue weighted by Crippen LogP contribution is -2.52. The van der Waals surface area contributed by atoms with Crippen molar-refractivity contribution in [3.8, 4) is 0 Å². The molecule has 1 aromatic heterocycles. The number of ether oxygens (including phenoxy) is 1. The summed E-state index contributed by atoms with van der Waals surface area (Å²) >= 11 is 7.56. The highest BCUT2D eigenvalue weighted by atomic mass is 35.5. The number of nitrogens with zero attached hydrogens (tertiary/aromatic N) is 1. The number of rotatable bonds is 4. The summed E-state index contributed by atoms with van der Waals surface area (Å²) in [4.78, 5) is 3.56. The average molecular weight is 275 g/mol. The van der Waals surface area contributed by atoms with Crippen LogP contribution in [0.4, 0.5) is 0 Å². The molecule has 0 aliphatic carbocycles. The summed E-state index contributed by atoms with van der Waals surface area (Å²) in [5.74, 6) is 0. The van der Waals surface area contributed by atoms with Crippen molar-refractivity contribution in [2.45, 2.75) is 24.9 Å². The Kier molecular flexibility index (Phi) is 4.44. The van der Waals surface area contributed by atoms with Crippen LogP contribution in [0, 0.1) is 0 Å². The zero-order valence-corrected chi connectivity index (χ0v) is 11.7. The Morgan fingerprint density at radius 3 is 2.76 bits per heavy atom. The fourth-order valence-corrected chi connectivity index (χ4v) is 3.40. The SMILES string of the molecule is CN(Cc1ccc(Cl)s1)CC1(N)CCOCC1. The van der Waals surface area contributed by atoms with E-state index in [-0.39, 0.29) is 5.54 Å². The molecule has 2 N–H and O–H groups in total. The van der Waals surface area contributed by atoms with Crippen LogP contribution in [0.15, 0.2) is 12.1 Å². The van der Waals surface area contributed by atoms with Gasteiger partial charge in [0.05, 0.1) is 4.34 Å². The predicted molar refractivity (Wildman–Crippen MR) is 72.6 cm³/mol. The molecular weight excluding hydrogens is 256 g/mol. The van der Waals surface area contributed by atoms with Gasteiger partial charge in [-0.1, -0.05) is 11.6 Å². The van der Waals surface area contributed by atoms with Gasteiger partial charge in [-0.3, -0.25) is 4.90 Å². The smallest absolute Gasteiger partial charge is 0.0931 e. The van der Waals surface area contributed by atoms with E-state index in [9.17, 15) is 0 Å². The summed E-state index contributed by atoms with van der Waals surface area (Å²) in [6.07, 6.45) is 1.89. The third-order valence-electron chi connectivity index (χ3n) is 3.13. The van der Waals surface area contributed by atoms with Gasteiger partial charge in [0.2, 0.25) is 0 Å². The van der Waals surface area contributed by atoms with Crippen LogP contribution < -0.4 is 5.73 Å². The number of halogens is 1. The highest BCUT2D eigenvalue weighted by Crippen LogP contribution is 2.24. The van der Waals surface area contributed by atoms with E-state index < -0.39 is 0 Å². The Hall–Kier alpha value is -0.130. The maximum absolute atomic E-state index is 6.37. The second kappa shape index (κ2) is 5.67. The van der Waals surface area contributed by atoms with Crippen molar-refractivity contribution in [1.29, 1.82) is 0 Å². The van der Waals surface area contributed by atoms with Crippen molar-refractivity contribution in [2.24, 2.45) is 5.73 Å². The average Bonchev–Trinajstić information content (AvgIpc) is 2.63. The third-order valence-corrected chi connectivity index (χ3v) is 4.34. The van der Waals surface area contributed by atoms with Crippen LogP contribution in [-0.2, 0) is 11.3 Å². The van der Waals surface area contributed by atoms with Crippen molar-refractivity contribution in [2.75, 3.05) is 26.8 Å². The zero-order valence-electron chi connectivity index (χ0n) is 10.1. The number of hydrogen-bond acceptors (Lipinski definition) is 4. The minimum atomic E-state index is -0.0892. The predicted octanol–water partition coefficient (Wildman–Crippen LogP) is 2.34. The van der Waals surface area contributed by atoms with E-state index in [0.717, 1.165) is 43.5 Å². The fourth-order valence-electron chi connectivity index (χ4n) is 2.23. The van der Waals surface area contributed by atoms with Gasteiger partial charge in [-0.25, -0.2) is 0 Å². The van der Waals surface area contributed by atoms with Crippen molar-refractivity contribution in [3.05, 3.63) is 21.3 Å². The van der Waals surface area contributed by atoms with Gasteiger partial charge in [-0.15, -0.1) is 11.3 Å². The molecule has 0 aromatic carbocycles. The molecule has 0 amide bonds. The zero-order chi connectivity index (χ0) is 12.3. The minimum Gasteiger partial charge on any atom is -0.381 e. The first kappa shape index (κ1) is 13.3. The summed E-state index contributed by atoms with van der Waals surface area (Å²) < 4.78 is 6.20. The quantitative estimate of drug-likeness (QED) is 0.916. The number of thiophene rings is 1. The lowest BCUT2D eigenvalue weighted by Gasteiger charge is -2.36. The number of likely N-dealkylation sites (N-methyl/N-ethyl adjacent to an activating group) is 1. The van der Waals surface area contributed by atoms with E-state index in [1.807, 2.05) is 6.07 Å². The first-order valence-electron chi connectivity index (χ1n) is 5.87. The Morgan fingerprint density at radius 2 is 2.18 bits per heavy atom. The van der Waals surface area contributed by atoms with Crippen LogP contribution in [-0.4, -0.2) is 37.2 Å². The maximum Gasteiger partial charge on any atom is 0.0931 e. The fraction of sp³-hybridized carbons (Fsp3) is 0.667. The van der Waals surface area contributed by atoms with E-state index in [2.05, 4.69) is 18.0 Å². The second-order valence-electron chi connectivity index (χ2n) is 4.85. The topological polar surface area (TPSA) is 38.5 Å². The van der Waals surface area contributed by atoms with Gasteiger partial charge in [0.15, 0.2) is 0 Å². The van der Waals surface area contributed by atoms with Gasteiger partial charge in [0.1, 0.15) is 0 Å². The molecule has 1 aromatic rings. The van der Waals surface area contributed by atoms with Crippen LogP contribution in [0.1, 0.15) is 17.7 Å². The number of hydrogen-bond donors (Lipinski definition) is 1. The summed E-state index contributed by atoms with van der Waals surface area (Å²) in [5, 5.41) is 0. The normalized spacial score (nSPS) is 19.8. The number of nitrogens with two attached hydrogens (primary N) is 1. The summed E-state index contributed by atoms with van der Waals surface area (Å²) in [5.41, 5.74) is 6.29. The molecular formula is C12H19ClN2OS. The first-order valence-corrected chi connectivity index (χ1v) is 7.06. The Labute approximate surface area is 112 Å². The third kappa shape index (κ3) is 3.93.